The van der Waals surface area contributed by atoms with Crippen LogP contribution in [0.1, 0.15) is 37.3 Å². The van der Waals surface area contributed by atoms with Crippen molar-refractivity contribution in [3.05, 3.63) is 36.2 Å². The molecule has 0 aliphatic carbocycles. The number of aromatic nitrogens is 3. The number of carbonyl (C=O) groups excluding carboxylic acids is 2. The summed E-state index contributed by atoms with van der Waals surface area (Å²) in [6.45, 7) is 5.45. The van der Waals surface area contributed by atoms with Gasteiger partial charge in [0.25, 0.3) is 5.91 Å². The fourth-order valence-electron chi connectivity index (χ4n) is 2.17. The largest absolute Gasteiger partial charge is 0.326 e. The second kappa shape index (κ2) is 6.40. The lowest BCUT2D eigenvalue weighted by Crippen LogP contribution is -2.13. The van der Waals surface area contributed by atoms with Crippen LogP contribution in [0.15, 0.2) is 30.5 Å². The molecule has 2 N–H and O–H groups in total. The van der Waals surface area contributed by atoms with E-state index in [2.05, 4.69) is 20.7 Å². The van der Waals surface area contributed by atoms with Gasteiger partial charge in [0.2, 0.25) is 5.91 Å². The van der Waals surface area contributed by atoms with Crippen molar-refractivity contribution in [1.82, 2.24) is 14.8 Å². The van der Waals surface area contributed by atoms with Gasteiger partial charge in [-0.25, -0.2) is 4.98 Å². The van der Waals surface area contributed by atoms with Gasteiger partial charge < -0.3 is 5.32 Å². The molecule has 0 aliphatic heterocycles. The Labute approximate surface area is 142 Å². The van der Waals surface area contributed by atoms with Crippen LogP contribution in [0.25, 0.3) is 10.2 Å². The number of benzene rings is 1. The van der Waals surface area contributed by atoms with E-state index in [4.69, 9.17) is 0 Å². The van der Waals surface area contributed by atoms with Crippen molar-refractivity contribution in [3.63, 3.8) is 0 Å². The van der Waals surface area contributed by atoms with Gasteiger partial charge in [-0.1, -0.05) is 11.3 Å². The summed E-state index contributed by atoms with van der Waals surface area (Å²) in [4.78, 5) is 27.8. The number of fused-ring (bicyclic) bond motifs is 1. The zero-order valence-corrected chi connectivity index (χ0v) is 14.3. The first-order chi connectivity index (χ1) is 11.4. The molecule has 0 bridgehead atoms. The van der Waals surface area contributed by atoms with Crippen LogP contribution in [0.5, 0.6) is 0 Å². The number of rotatable bonds is 4. The van der Waals surface area contributed by atoms with Crippen LogP contribution in [0.3, 0.4) is 0 Å². The van der Waals surface area contributed by atoms with E-state index >= 15 is 0 Å². The van der Waals surface area contributed by atoms with Crippen molar-refractivity contribution in [2.24, 2.45) is 0 Å². The van der Waals surface area contributed by atoms with Gasteiger partial charge in [-0.15, -0.1) is 0 Å². The van der Waals surface area contributed by atoms with E-state index in [9.17, 15) is 9.59 Å². The number of nitrogens with one attached hydrogen (secondary N) is 2. The molecule has 2 aromatic heterocycles. The van der Waals surface area contributed by atoms with E-state index in [0.29, 0.717) is 16.5 Å². The third kappa shape index (κ3) is 3.43. The van der Waals surface area contributed by atoms with Gasteiger partial charge in [0, 0.05) is 24.8 Å². The predicted molar refractivity (Wildman–Crippen MR) is 94.5 cm³/mol. The molecule has 0 atom stereocenters. The molecule has 0 radical (unpaired) electrons. The van der Waals surface area contributed by atoms with Crippen molar-refractivity contribution in [2.75, 3.05) is 10.6 Å². The molecule has 3 aromatic rings. The topological polar surface area (TPSA) is 88.9 Å². The minimum atomic E-state index is -0.296. The zero-order chi connectivity index (χ0) is 17.3. The summed E-state index contributed by atoms with van der Waals surface area (Å²) in [5.41, 5.74) is 1.81. The van der Waals surface area contributed by atoms with E-state index < -0.39 is 0 Å². The van der Waals surface area contributed by atoms with Crippen LogP contribution >= 0.6 is 11.3 Å². The first-order valence-corrected chi connectivity index (χ1v) is 8.28. The summed E-state index contributed by atoms with van der Waals surface area (Å²) in [6, 6.07) is 7.29. The minimum absolute atomic E-state index is 0.131. The van der Waals surface area contributed by atoms with Crippen LogP contribution in [0.4, 0.5) is 10.8 Å². The quantitative estimate of drug-likeness (QED) is 0.761. The Kier molecular flexibility index (Phi) is 4.30. The van der Waals surface area contributed by atoms with Crippen LogP contribution in [0, 0.1) is 0 Å². The molecule has 124 valence electrons. The Balaban J connectivity index is 1.79. The molecule has 2 heterocycles. The molecule has 24 heavy (non-hydrogen) atoms. The minimum Gasteiger partial charge on any atom is -0.326 e. The summed E-state index contributed by atoms with van der Waals surface area (Å²) < 4.78 is 2.61. The van der Waals surface area contributed by atoms with Crippen LogP contribution < -0.4 is 10.6 Å². The van der Waals surface area contributed by atoms with E-state index in [1.807, 2.05) is 19.9 Å². The molecular formula is C16H17N5O2S. The highest BCUT2D eigenvalue weighted by Gasteiger charge is 2.13. The van der Waals surface area contributed by atoms with Crippen LogP contribution in [0.2, 0.25) is 0 Å². The van der Waals surface area contributed by atoms with E-state index in [1.165, 1.54) is 18.3 Å². The predicted octanol–water partition coefficient (Wildman–Crippen LogP) is 3.28. The second-order valence-corrected chi connectivity index (χ2v) is 6.64. The Morgan fingerprint density at radius 2 is 2.00 bits per heavy atom. The van der Waals surface area contributed by atoms with Gasteiger partial charge in [-0.3, -0.25) is 19.6 Å². The molecule has 0 unspecified atom stereocenters. The fraction of sp³-hybridized carbons (Fsp3) is 0.250. The molecule has 1 aromatic carbocycles. The number of hydrogen-bond donors (Lipinski definition) is 2. The summed E-state index contributed by atoms with van der Waals surface area (Å²) in [5.74, 6) is -0.427. The number of amides is 2. The molecule has 2 amide bonds. The third-order valence-corrected chi connectivity index (χ3v) is 4.23. The Morgan fingerprint density at radius 3 is 2.67 bits per heavy atom. The monoisotopic (exact) mass is 343 g/mol. The first-order valence-electron chi connectivity index (χ1n) is 7.47. The molecule has 3 rings (SSSR count). The highest BCUT2D eigenvalue weighted by atomic mass is 32.1. The average molecular weight is 343 g/mol. The molecule has 0 aliphatic rings. The standard InChI is InChI=1S/C16H17N5O2S/c1-9(2)21-7-6-13(20-21)15(23)19-16-18-12-5-4-11(17-10(3)22)8-14(12)24-16/h4-9H,1-3H3,(H,17,22)(H,18,19,23). The van der Waals surface area contributed by atoms with Gasteiger partial charge in [-0.05, 0) is 38.1 Å². The average Bonchev–Trinajstić information content (AvgIpc) is 3.12. The maximum atomic E-state index is 12.3. The first kappa shape index (κ1) is 16.1. The van der Waals surface area contributed by atoms with Gasteiger partial charge in [0.05, 0.1) is 10.2 Å². The van der Waals surface area contributed by atoms with Gasteiger partial charge in [0.1, 0.15) is 0 Å². The highest BCUT2D eigenvalue weighted by molar-refractivity contribution is 7.22. The van der Waals surface area contributed by atoms with E-state index in [1.54, 1.807) is 29.1 Å². The maximum absolute atomic E-state index is 12.3. The molecule has 7 nitrogen and oxygen atoms in total. The van der Waals surface area contributed by atoms with E-state index in [-0.39, 0.29) is 17.9 Å². The SMILES string of the molecule is CC(=O)Nc1ccc2nc(NC(=O)c3ccn(C(C)C)n3)sc2c1. The van der Waals surface area contributed by atoms with Crippen LogP contribution in [-0.2, 0) is 4.79 Å². The summed E-state index contributed by atoms with van der Waals surface area (Å²) >= 11 is 1.35. The van der Waals surface area contributed by atoms with E-state index in [0.717, 1.165) is 10.2 Å². The highest BCUT2D eigenvalue weighted by Crippen LogP contribution is 2.28. The summed E-state index contributed by atoms with van der Waals surface area (Å²) in [7, 11) is 0. The van der Waals surface area contributed by atoms with Crippen LogP contribution in [-0.4, -0.2) is 26.6 Å². The van der Waals surface area contributed by atoms with Crippen molar-refractivity contribution in [3.8, 4) is 0 Å². The summed E-state index contributed by atoms with van der Waals surface area (Å²) in [5, 5.41) is 10.2. The number of carbonyl (C=O) groups is 2. The molecule has 0 spiro atoms. The Morgan fingerprint density at radius 1 is 1.21 bits per heavy atom. The lowest BCUT2D eigenvalue weighted by atomic mass is 10.3. The smallest absolute Gasteiger partial charge is 0.277 e. The summed E-state index contributed by atoms with van der Waals surface area (Å²) in [6.07, 6.45) is 1.78. The molecular weight excluding hydrogens is 326 g/mol. The Bertz CT molecular complexity index is 912. The van der Waals surface area contributed by atoms with Gasteiger partial charge in [0.15, 0.2) is 10.8 Å². The lowest BCUT2D eigenvalue weighted by molar-refractivity contribution is -0.114. The maximum Gasteiger partial charge on any atom is 0.277 e. The van der Waals surface area contributed by atoms with Crippen molar-refractivity contribution in [2.45, 2.75) is 26.8 Å². The molecule has 0 saturated heterocycles. The van der Waals surface area contributed by atoms with Crippen molar-refractivity contribution >= 4 is 44.2 Å². The third-order valence-electron chi connectivity index (χ3n) is 3.30. The Hall–Kier alpha value is -2.74. The van der Waals surface area contributed by atoms with Crippen molar-refractivity contribution in [1.29, 1.82) is 0 Å². The number of nitrogens with zero attached hydrogens (tertiary/aromatic N) is 3. The number of hydrogen-bond acceptors (Lipinski definition) is 5. The second-order valence-electron chi connectivity index (χ2n) is 5.61. The van der Waals surface area contributed by atoms with Crippen molar-refractivity contribution < 1.29 is 9.59 Å². The molecule has 0 saturated carbocycles. The zero-order valence-electron chi connectivity index (χ0n) is 13.5. The number of thiazole rings is 1. The van der Waals surface area contributed by atoms with Gasteiger partial charge in [-0.2, -0.15) is 5.10 Å². The fourth-order valence-corrected chi connectivity index (χ4v) is 3.07. The normalized spacial score (nSPS) is 11.0. The number of anilines is 2. The molecule has 0 fully saturated rings. The lowest BCUT2D eigenvalue weighted by Gasteiger charge is -2.03. The molecule has 8 heteroatoms. The van der Waals surface area contributed by atoms with Gasteiger partial charge >= 0.3 is 0 Å².